The number of hydrogen-bond acceptors (Lipinski definition) is 2. The van der Waals surface area contributed by atoms with Crippen LogP contribution in [0.1, 0.15) is 43.5 Å². The molecule has 16 heavy (non-hydrogen) atoms. The number of para-hydroxylation sites is 1. The Morgan fingerprint density at radius 2 is 2.00 bits per heavy atom. The highest BCUT2D eigenvalue weighted by atomic mass is 15.1. The smallest absolute Gasteiger partial charge is 0.113 e. The molecule has 82 valence electrons. The Morgan fingerprint density at radius 3 is 2.69 bits per heavy atom. The quantitative estimate of drug-likeness (QED) is 0.779. The van der Waals surface area contributed by atoms with E-state index in [1.807, 2.05) is 12.1 Å². The van der Waals surface area contributed by atoms with E-state index in [4.69, 9.17) is 10.7 Å². The molecule has 0 saturated heterocycles. The fourth-order valence-electron chi connectivity index (χ4n) is 2.50. The van der Waals surface area contributed by atoms with E-state index >= 15 is 0 Å². The van der Waals surface area contributed by atoms with Gasteiger partial charge in [-0.05, 0) is 37.8 Å². The maximum absolute atomic E-state index is 6.00. The lowest BCUT2D eigenvalue weighted by Crippen LogP contribution is -1.99. The summed E-state index contributed by atoms with van der Waals surface area (Å²) in [7, 11) is 0. The van der Waals surface area contributed by atoms with Crippen molar-refractivity contribution in [1.82, 2.24) is 9.55 Å². The topological polar surface area (TPSA) is 43.8 Å². The summed E-state index contributed by atoms with van der Waals surface area (Å²) in [4.78, 5) is 4.77. The Morgan fingerprint density at radius 1 is 1.19 bits per heavy atom. The molecule has 0 radical (unpaired) electrons. The average Bonchev–Trinajstić information content (AvgIpc) is 3.16. The first-order chi connectivity index (χ1) is 7.84. The van der Waals surface area contributed by atoms with Crippen molar-refractivity contribution < 1.29 is 0 Å². The molecule has 1 aromatic carbocycles. The largest absolute Gasteiger partial charge is 0.397 e. The van der Waals surface area contributed by atoms with Gasteiger partial charge in [-0.25, -0.2) is 4.98 Å². The summed E-state index contributed by atoms with van der Waals surface area (Å²) < 4.78 is 2.45. The van der Waals surface area contributed by atoms with Crippen LogP contribution < -0.4 is 5.73 Å². The van der Waals surface area contributed by atoms with Gasteiger partial charge in [-0.3, -0.25) is 0 Å². The van der Waals surface area contributed by atoms with Crippen LogP contribution in [0.4, 0.5) is 5.69 Å². The van der Waals surface area contributed by atoms with E-state index in [-0.39, 0.29) is 0 Å². The van der Waals surface area contributed by atoms with E-state index in [9.17, 15) is 0 Å². The minimum atomic E-state index is 0.697. The van der Waals surface area contributed by atoms with Gasteiger partial charge in [-0.1, -0.05) is 6.07 Å². The Balaban J connectivity index is 2.04. The summed E-state index contributed by atoms with van der Waals surface area (Å²) >= 11 is 0. The van der Waals surface area contributed by atoms with Crippen LogP contribution in [0.2, 0.25) is 0 Å². The predicted molar refractivity (Wildman–Crippen MR) is 64.4 cm³/mol. The Labute approximate surface area is 94.3 Å². The second-order valence-corrected chi connectivity index (χ2v) is 5.06. The molecule has 3 nitrogen and oxygen atoms in total. The molecular formula is C13H15N3. The molecule has 2 aliphatic rings. The lowest BCUT2D eigenvalue weighted by Gasteiger charge is -2.06. The molecule has 3 heteroatoms. The van der Waals surface area contributed by atoms with Gasteiger partial charge in [-0.15, -0.1) is 0 Å². The van der Waals surface area contributed by atoms with E-state index in [1.54, 1.807) is 0 Å². The van der Waals surface area contributed by atoms with Crippen molar-refractivity contribution in [2.45, 2.75) is 37.6 Å². The number of hydrogen-bond donors (Lipinski definition) is 1. The molecule has 0 unspecified atom stereocenters. The van der Waals surface area contributed by atoms with Gasteiger partial charge in [0.1, 0.15) is 11.3 Å². The van der Waals surface area contributed by atoms with Crippen LogP contribution in [-0.4, -0.2) is 9.55 Å². The standard InChI is InChI=1S/C13H15N3/c14-10-2-1-3-11-12(10)15-13(8-4-5-8)16(11)9-6-7-9/h1-3,8-9H,4-7,14H2. The van der Waals surface area contributed by atoms with Crippen LogP contribution >= 0.6 is 0 Å². The minimum absolute atomic E-state index is 0.697. The third kappa shape index (κ3) is 1.11. The zero-order chi connectivity index (χ0) is 10.7. The van der Waals surface area contributed by atoms with Gasteiger partial charge in [0.2, 0.25) is 0 Å². The van der Waals surface area contributed by atoms with Gasteiger partial charge in [0, 0.05) is 12.0 Å². The summed E-state index contributed by atoms with van der Waals surface area (Å²) in [5, 5.41) is 0. The van der Waals surface area contributed by atoms with Crippen molar-refractivity contribution in [3.63, 3.8) is 0 Å². The average molecular weight is 213 g/mol. The zero-order valence-corrected chi connectivity index (χ0v) is 9.19. The molecule has 1 heterocycles. The number of fused-ring (bicyclic) bond motifs is 1. The van der Waals surface area contributed by atoms with Crippen LogP contribution in [0.15, 0.2) is 18.2 Å². The Hall–Kier alpha value is -1.51. The van der Waals surface area contributed by atoms with E-state index < -0.39 is 0 Å². The van der Waals surface area contributed by atoms with E-state index in [0.717, 1.165) is 11.2 Å². The molecule has 0 amide bonds. The summed E-state index contributed by atoms with van der Waals surface area (Å²) in [6.45, 7) is 0. The van der Waals surface area contributed by atoms with Crippen molar-refractivity contribution >= 4 is 16.7 Å². The summed E-state index contributed by atoms with van der Waals surface area (Å²) in [5.41, 5.74) is 9.07. The van der Waals surface area contributed by atoms with Gasteiger partial charge in [0.25, 0.3) is 0 Å². The highest BCUT2D eigenvalue weighted by Gasteiger charge is 2.35. The summed E-state index contributed by atoms with van der Waals surface area (Å²) in [5.74, 6) is 1.99. The van der Waals surface area contributed by atoms with Gasteiger partial charge >= 0.3 is 0 Å². The number of nitrogens with two attached hydrogens (primary N) is 1. The molecule has 2 aliphatic carbocycles. The van der Waals surface area contributed by atoms with Crippen LogP contribution in [0.25, 0.3) is 11.0 Å². The number of rotatable bonds is 2. The van der Waals surface area contributed by atoms with Crippen LogP contribution in [0.5, 0.6) is 0 Å². The summed E-state index contributed by atoms with van der Waals surface area (Å²) in [6.07, 6.45) is 5.21. The first kappa shape index (κ1) is 8.62. The molecule has 2 saturated carbocycles. The van der Waals surface area contributed by atoms with Gasteiger partial charge in [-0.2, -0.15) is 0 Å². The predicted octanol–water partition coefficient (Wildman–Crippen LogP) is 2.83. The van der Waals surface area contributed by atoms with Crippen molar-refractivity contribution in [1.29, 1.82) is 0 Å². The number of imidazole rings is 1. The molecular weight excluding hydrogens is 198 g/mol. The first-order valence-electron chi connectivity index (χ1n) is 6.11. The Kier molecular flexibility index (Phi) is 1.50. The highest BCUT2D eigenvalue weighted by molar-refractivity contribution is 5.88. The van der Waals surface area contributed by atoms with Gasteiger partial charge < -0.3 is 10.3 Å². The lowest BCUT2D eigenvalue weighted by atomic mass is 10.3. The van der Waals surface area contributed by atoms with Crippen LogP contribution in [0, 0.1) is 0 Å². The lowest BCUT2D eigenvalue weighted by molar-refractivity contribution is 0.703. The second-order valence-electron chi connectivity index (χ2n) is 5.06. The fourth-order valence-corrected chi connectivity index (χ4v) is 2.50. The molecule has 2 aromatic rings. The molecule has 0 atom stereocenters. The summed E-state index contributed by atoms with van der Waals surface area (Å²) in [6, 6.07) is 6.84. The highest BCUT2D eigenvalue weighted by Crippen LogP contribution is 2.46. The first-order valence-corrected chi connectivity index (χ1v) is 6.11. The van der Waals surface area contributed by atoms with Crippen molar-refractivity contribution in [3.05, 3.63) is 24.0 Å². The molecule has 1 aromatic heterocycles. The molecule has 0 spiro atoms. The fraction of sp³-hybridized carbons (Fsp3) is 0.462. The van der Waals surface area contributed by atoms with Crippen molar-refractivity contribution in [2.24, 2.45) is 0 Å². The van der Waals surface area contributed by atoms with Crippen molar-refractivity contribution in [3.8, 4) is 0 Å². The third-order valence-corrected chi connectivity index (χ3v) is 3.63. The number of benzene rings is 1. The molecule has 0 aliphatic heterocycles. The number of nitrogens with zero attached hydrogens (tertiary/aromatic N) is 2. The van der Waals surface area contributed by atoms with Crippen LogP contribution in [-0.2, 0) is 0 Å². The Bertz CT molecular complexity index is 562. The monoisotopic (exact) mass is 213 g/mol. The second kappa shape index (κ2) is 2.78. The molecule has 2 fully saturated rings. The number of aromatic nitrogens is 2. The molecule has 0 bridgehead atoms. The molecule has 4 rings (SSSR count). The van der Waals surface area contributed by atoms with Gasteiger partial charge in [0.05, 0.1) is 11.2 Å². The maximum Gasteiger partial charge on any atom is 0.113 e. The SMILES string of the molecule is Nc1cccc2c1nc(C1CC1)n2C1CC1. The normalized spacial score (nSPS) is 20.5. The van der Waals surface area contributed by atoms with Crippen molar-refractivity contribution in [2.75, 3.05) is 5.73 Å². The molecule has 2 N–H and O–H groups in total. The number of nitrogen functional groups attached to an aromatic ring is 1. The van der Waals surface area contributed by atoms with Gasteiger partial charge in [0.15, 0.2) is 0 Å². The van der Waals surface area contributed by atoms with Crippen LogP contribution in [0.3, 0.4) is 0 Å². The minimum Gasteiger partial charge on any atom is -0.397 e. The maximum atomic E-state index is 6.00. The van der Waals surface area contributed by atoms with E-state index in [2.05, 4.69) is 10.6 Å². The van der Waals surface area contributed by atoms with E-state index in [0.29, 0.717) is 12.0 Å². The third-order valence-electron chi connectivity index (χ3n) is 3.63. The van der Waals surface area contributed by atoms with E-state index in [1.165, 1.54) is 37.0 Å². The zero-order valence-electron chi connectivity index (χ0n) is 9.19. The number of anilines is 1.